The molecule has 3 aliphatic heterocycles. The molecule has 1 aromatic heterocycles. The fourth-order valence-electron chi connectivity index (χ4n) is 9.09. The molecule has 7 amide bonds. The van der Waals surface area contributed by atoms with E-state index in [1.807, 2.05) is 53.4 Å². The zero-order valence-electron chi connectivity index (χ0n) is 35.6. The number of aromatic nitrogens is 1. The number of imide groups is 2. The monoisotopic (exact) mass is 864 g/mol. The van der Waals surface area contributed by atoms with Crippen molar-refractivity contribution in [1.29, 1.82) is 5.26 Å². The Kier molecular flexibility index (Phi) is 13.6. The average Bonchev–Trinajstić information content (AvgIpc) is 3.57. The van der Waals surface area contributed by atoms with Gasteiger partial charge in [-0.2, -0.15) is 5.26 Å². The molecule has 0 spiro atoms. The maximum absolute atomic E-state index is 13.9. The first-order valence-electron chi connectivity index (χ1n) is 22.1. The number of carbonyl (C=O) groups is 6. The Hall–Kier alpha value is -7.12. The smallest absolute Gasteiger partial charge is 0.322 e. The SMILES string of the molecule is N#Cc1ccc(NC2CCC(N(C(=O)NCc3ccccc3)c3ccc(N4CCN(CCCCC(=O)Nc5cccc6c5C(=O)N(C5CCC(=O)NC5=O)C6=O)CC4)cc3)CC2)nc1. The van der Waals surface area contributed by atoms with E-state index in [0.717, 1.165) is 92.5 Å². The number of carbonyl (C=O) groups excluding carboxylic acids is 6. The number of pyridine rings is 1. The van der Waals surface area contributed by atoms with Crippen LogP contribution in [0, 0.1) is 11.3 Å². The maximum Gasteiger partial charge on any atom is 0.322 e. The van der Waals surface area contributed by atoms with Crippen LogP contribution in [-0.4, -0.2) is 101 Å². The van der Waals surface area contributed by atoms with Crippen LogP contribution in [-0.2, 0) is 20.9 Å². The highest BCUT2D eigenvalue weighted by atomic mass is 16.2. The molecule has 16 heteroatoms. The summed E-state index contributed by atoms with van der Waals surface area (Å²) in [6.07, 6.45) is 6.74. The van der Waals surface area contributed by atoms with E-state index >= 15 is 0 Å². The zero-order chi connectivity index (χ0) is 44.6. The molecule has 64 heavy (non-hydrogen) atoms. The van der Waals surface area contributed by atoms with Gasteiger partial charge in [0.1, 0.15) is 17.9 Å². The third-order valence-electron chi connectivity index (χ3n) is 12.5. The summed E-state index contributed by atoms with van der Waals surface area (Å²) >= 11 is 0. The maximum atomic E-state index is 13.9. The van der Waals surface area contributed by atoms with Gasteiger partial charge in [0.25, 0.3) is 11.8 Å². The van der Waals surface area contributed by atoms with Crippen LogP contribution in [0.4, 0.5) is 27.7 Å². The fraction of sp³-hybridized carbons (Fsp3) is 0.375. The average molecular weight is 865 g/mol. The van der Waals surface area contributed by atoms with Crippen LogP contribution in [0.1, 0.15) is 89.6 Å². The van der Waals surface area contributed by atoms with E-state index in [-0.39, 0.29) is 60.1 Å². The number of rotatable bonds is 14. The first-order valence-corrected chi connectivity index (χ1v) is 22.1. The Morgan fingerprint density at radius 3 is 2.30 bits per heavy atom. The van der Waals surface area contributed by atoms with Gasteiger partial charge in [0.15, 0.2) is 0 Å². The van der Waals surface area contributed by atoms with Crippen LogP contribution in [0.2, 0.25) is 0 Å². The summed E-state index contributed by atoms with van der Waals surface area (Å²) in [7, 11) is 0. The molecule has 3 fully saturated rings. The summed E-state index contributed by atoms with van der Waals surface area (Å²) in [6.45, 7) is 4.69. The summed E-state index contributed by atoms with van der Waals surface area (Å²) in [5.41, 5.74) is 3.92. The minimum absolute atomic E-state index is 0.0231. The molecule has 4 heterocycles. The van der Waals surface area contributed by atoms with Crippen molar-refractivity contribution in [3.8, 4) is 6.07 Å². The Labute approximate surface area is 372 Å². The number of fused-ring (bicyclic) bond motifs is 1. The van der Waals surface area contributed by atoms with Crippen LogP contribution in [0.25, 0.3) is 0 Å². The number of unbranched alkanes of at least 4 members (excludes halogenated alkanes) is 1. The van der Waals surface area contributed by atoms with Crippen LogP contribution in [0.15, 0.2) is 91.1 Å². The van der Waals surface area contributed by atoms with E-state index in [2.05, 4.69) is 54.3 Å². The van der Waals surface area contributed by atoms with Gasteiger partial charge in [-0.1, -0.05) is 36.4 Å². The minimum atomic E-state index is -1.08. The number of nitrogens with zero attached hydrogens (tertiary/aromatic N) is 6. The first kappa shape index (κ1) is 43.5. The van der Waals surface area contributed by atoms with E-state index in [1.165, 1.54) is 6.07 Å². The van der Waals surface area contributed by atoms with E-state index in [0.29, 0.717) is 18.5 Å². The highest BCUT2D eigenvalue weighted by Gasteiger charge is 2.45. The molecular formula is C48H52N10O6. The molecule has 4 N–H and O–H groups in total. The summed E-state index contributed by atoms with van der Waals surface area (Å²) < 4.78 is 0. The highest BCUT2D eigenvalue weighted by Crippen LogP contribution is 2.34. The van der Waals surface area contributed by atoms with Gasteiger partial charge < -0.3 is 20.9 Å². The lowest BCUT2D eigenvalue weighted by molar-refractivity contribution is -0.136. The number of nitriles is 1. The van der Waals surface area contributed by atoms with Gasteiger partial charge in [-0.3, -0.25) is 44.0 Å². The molecule has 1 saturated carbocycles. The summed E-state index contributed by atoms with van der Waals surface area (Å²) in [5, 5.41) is 20.8. The number of urea groups is 1. The fourth-order valence-corrected chi connectivity index (χ4v) is 9.09. The van der Waals surface area contributed by atoms with E-state index in [9.17, 15) is 28.8 Å². The number of amides is 7. The zero-order valence-corrected chi connectivity index (χ0v) is 35.6. The number of benzene rings is 3. The number of hydrogen-bond donors (Lipinski definition) is 4. The largest absolute Gasteiger partial charge is 0.369 e. The molecule has 1 unspecified atom stereocenters. The Bertz CT molecular complexity index is 2410. The minimum Gasteiger partial charge on any atom is -0.369 e. The Morgan fingerprint density at radius 1 is 0.828 bits per heavy atom. The topological polar surface area (TPSA) is 200 Å². The van der Waals surface area contributed by atoms with Crippen molar-refractivity contribution in [2.24, 2.45) is 0 Å². The third-order valence-corrected chi connectivity index (χ3v) is 12.5. The number of piperidine rings is 1. The van der Waals surface area contributed by atoms with Crippen LogP contribution in [0.3, 0.4) is 0 Å². The normalized spacial score (nSPS) is 20.0. The second-order valence-corrected chi connectivity index (χ2v) is 16.7. The molecule has 3 aromatic carbocycles. The summed E-state index contributed by atoms with van der Waals surface area (Å²) in [4.78, 5) is 89.5. The van der Waals surface area contributed by atoms with Gasteiger partial charge >= 0.3 is 6.03 Å². The summed E-state index contributed by atoms with van der Waals surface area (Å²) in [6, 6.07) is 27.6. The second kappa shape index (κ2) is 19.9. The van der Waals surface area contributed by atoms with Crippen molar-refractivity contribution in [3.63, 3.8) is 0 Å². The molecule has 1 aliphatic carbocycles. The molecule has 1 atom stereocenters. The predicted molar refractivity (Wildman–Crippen MR) is 240 cm³/mol. The van der Waals surface area contributed by atoms with Gasteiger partial charge in [0, 0.05) is 75.2 Å². The number of anilines is 4. The number of hydrogen-bond acceptors (Lipinski definition) is 11. The van der Waals surface area contributed by atoms with Crippen LogP contribution in [0.5, 0.6) is 0 Å². The van der Waals surface area contributed by atoms with Crippen molar-refractivity contribution < 1.29 is 28.8 Å². The molecule has 4 aliphatic rings. The van der Waals surface area contributed by atoms with Crippen molar-refractivity contribution in [1.82, 2.24) is 25.4 Å². The lowest BCUT2D eigenvalue weighted by Crippen LogP contribution is -2.54. The Balaban J connectivity index is 0.803. The van der Waals surface area contributed by atoms with E-state index in [1.54, 1.807) is 24.4 Å². The molecule has 8 rings (SSSR count). The standard InChI is InChI=1S/C48H52N10O6/c49-29-33-12-22-41(50-31-33)52-34-13-15-36(16-14-34)57(48(64)51-30-32-7-2-1-3-8-32)37-19-17-35(18-20-37)56-27-25-55(26-28-56)24-5-4-11-42(59)53-39-10-6-9-38-44(39)47(63)58(46(38)62)40-21-23-43(60)54-45(40)61/h1-3,6-10,12,17-20,22,31,34,36,40H,4-5,11,13-16,21,23-28,30H2,(H,50,52)(H,51,64)(H,53,59)(H,54,60,61). The number of piperazine rings is 1. The predicted octanol–water partition coefficient (Wildman–Crippen LogP) is 5.42. The third kappa shape index (κ3) is 10.1. The number of nitrogens with one attached hydrogen (secondary N) is 4. The van der Waals surface area contributed by atoms with E-state index in [4.69, 9.17) is 5.26 Å². The molecule has 0 bridgehead atoms. The van der Waals surface area contributed by atoms with Gasteiger partial charge in [0.05, 0.1) is 22.4 Å². The van der Waals surface area contributed by atoms with Crippen molar-refractivity contribution in [2.75, 3.05) is 53.2 Å². The van der Waals surface area contributed by atoms with Crippen molar-refractivity contribution in [2.45, 2.75) is 82.5 Å². The lowest BCUT2D eigenvalue weighted by Gasteiger charge is -2.38. The van der Waals surface area contributed by atoms with Crippen LogP contribution < -0.4 is 31.1 Å². The molecule has 2 saturated heterocycles. The van der Waals surface area contributed by atoms with Crippen LogP contribution >= 0.6 is 0 Å². The molecule has 330 valence electrons. The molecular weight excluding hydrogens is 813 g/mol. The van der Waals surface area contributed by atoms with E-state index < -0.39 is 29.7 Å². The second-order valence-electron chi connectivity index (χ2n) is 16.7. The van der Waals surface area contributed by atoms with Crippen molar-refractivity contribution >= 4 is 58.4 Å². The van der Waals surface area contributed by atoms with Gasteiger partial charge in [-0.15, -0.1) is 0 Å². The van der Waals surface area contributed by atoms with Gasteiger partial charge in [-0.25, -0.2) is 9.78 Å². The highest BCUT2D eigenvalue weighted by molar-refractivity contribution is 6.26. The lowest BCUT2D eigenvalue weighted by atomic mass is 9.90. The first-order chi connectivity index (χ1) is 31.1. The molecule has 0 radical (unpaired) electrons. The van der Waals surface area contributed by atoms with Crippen molar-refractivity contribution in [3.05, 3.63) is 113 Å². The quantitative estimate of drug-likeness (QED) is 0.0932. The Morgan fingerprint density at radius 2 is 1.59 bits per heavy atom. The molecule has 16 nitrogen and oxygen atoms in total. The van der Waals surface area contributed by atoms with Gasteiger partial charge in [0.2, 0.25) is 17.7 Å². The van der Waals surface area contributed by atoms with Gasteiger partial charge in [-0.05, 0) is 106 Å². The summed E-state index contributed by atoms with van der Waals surface area (Å²) in [5.74, 6) is -1.93. The molecule has 4 aromatic rings.